The number of rotatable bonds is 5. The van der Waals surface area contributed by atoms with Gasteiger partial charge in [0, 0.05) is 12.7 Å². The van der Waals surface area contributed by atoms with Gasteiger partial charge in [-0.15, -0.1) is 0 Å². The summed E-state index contributed by atoms with van der Waals surface area (Å²) in [7, 11) is -3.72. The normalized spacial score (nSPS) is 24.4. The average Bonchev–Trinajstić information content (AvgIpc) is 3.15. The van der Waals surface area contributed by atoms with Crippen molar-refractivity contribution in [1.29, 1.82) is 0 Å². The van der Waals surface area contributed by atoms with Crippen LogP contribution in [-0.2, 0) is 25.4 Å². The van der Waals surface area contributed by atoms with Gasteiger partial charge in [-0.25, -0.2) is 8.42 Å². The molecule has 3 rings (SSSR count). The number of sulfonamides is 1. The monoisotopic (exact) mass is 408 g/mol. The molecule has 3 atom stereocenters. The van der Waals surface area contributed by atoms with Crippen molar-refractivity contribution in [3.63, 3.8) is 0 Å². The largest absolute Gasteiger partial charge is 0.330 e. The molecule has 1 aromatic rings. The van der Waals surface area contributed by atoms with Crippen LogP contribution in [-0.4, -0.2) is 65.5 Å². The fourth-order valence-corrected chi connectivity index (χ4v) is 5.76. The van der Waals surface area contributed by atoms with E-state index in [2.05, 4.69) is 4.98 Å². The van der Waals surface area contributed by atoms with Crippen molar-refractivity contribution >= 4 is 21.7 Å². The third kappa shape index (κ3) is 4.26. The number of carbonyl (C=O) groups excluding carboxylic acids is 2. The summed E-state index contributed by atoms with van der Waals surface area (Å²) in [6.45, 7) is 6.13. The Bertz CT molecular complexity index is 850. The molecule has 0 radical (unpaired) electrons. The van der Waals surface area contributed by atoms with Crippen molar-refractivity contribution in [2.45, 2.75) is 57.5 Å². The van der Waals surface area contributed by atoms with Gasteiger partial charge in [0.15, 0.2) is 5.78 Å². The van der Waals surface area contributed by atoms with Crippen molar-refractivity contribution in [2.24, 2.45) is 11.1 Å². The number of likely N-dealkylation sites (tertiary alicyclic amines) is 1. The second-order valence-electron chi connectivity index (χ2n) is 8.79. The molecule has 1 aromatic heterocycles. The number of hydrogen-bond acceptors (Lipinski definition) is 6. The van der Waals surface area contributed by atoms with E-state index in [-0.39, 0.29) is 29.4 Å². The molecule has 2 fully saturated rings. The summed E-state index contributed by atoms with van der Waals surface area (Å²) in [6.07, 6.45) is 2.47. The molecule has 0 aromatic carbocycles. The number of ketones is 1. The molecule has 3 unspecified atom stereocenters. The summed E-state index contributed by atoms with van der Waals surface area (Å²) >= 11 is 0. The molecule has 2 saturated heterocycles. The maximum atomic E-state index is 12.9. The van der Waals surface area contributed by atoms with Gasteiger partial charge in [-0.3, -0.25) is 14.6 Å². The first kappa shape index (κ1) is 20.9. The van der Waals surface area contributed by atoms with Crippen molar-refractivity contribution < 1.29 is 18.0 Å². The Morgan fingerprint density at radius 1 is 1.36 bits per heavy atom. The van der Waals surface area contributed by atoms with Crippen LogP contribution in [0.2, 0.25) is 0 Å². The molecule has 0 spiro atoms. The lowest BCUT2D eigenvalue weighted by Gasteiger charge is -2.29. The van der Waals surface area contributed by atoms with Crippen molar-refractivity contribution in [2.75, 3.05) is 13.1 Å². The van der Waals surface area contributed by atoms with Gasteiger partial charge in [0.2, 0.25) is 15.9 Å². The van der Waals surface area contributed by atoms with Gasteiger partial charge >= 0.3 is 0 Å². The van der Waals surface area contributed by atoms with E-state index < -0.39 is 28.1 Å². The highest BCUT2D eigenvalue weighted by atomic mass is 32.2. The van der Waals surface area contributed by atoms with Crippen LogP contribution in [0.25, 0.3) is 0 Å². The first-order chi connectivity index (χ1) is 13.0. The summed E-state index contributed by atoms with van der Waals surface area (Å²) in [5, 5.41) is 0. The third-order valence-corrected chi connectivity index (χ3v) is 7.00. The smallest absolute Gasteiger partial charge is 0.240 e. The molecule has 0 aliphatic carbocycles. The predicted molar refractivity (Wildman–Crippen MR) is 105 cm³/mol. The van der Waals surface area contributed by atoms with Gasteiger partial charge in [-0.1, -0.05) is 26.8 Å². The predicted octanol–water partition coefficient (Wildman–Crippen LogP) is 0.529. The average molecular weight is 409 g/mol. The Labute approximate surface area is 166 Å². The summed E-state index contributed by atoms with van der Waals surface area (Å²) in [5.41, 5.74) is 6.40. The Morgan fingerprint density at radius 2 is 2.07 bits per heavy atom. The SMILES string of the molecule is CC(C)(C)CC(N)C(=O)N1CCC2C1C(=O)CN2S(=O)(=O)Cc1ccccn1. The van der Waals surface area contributed by atoms with Gasteiger partial charge in [0.05, 0.1) is 24.3 Å². The molecular weight excluding hydrogens is 380 g/mol. The number of aromatic nitrogens is 1. The fraction of sp³-hybridized carbons (Fsp3) is 0.632. The molecule has 2 aliphatic heterocycles. The van der Waals surface area contributed by atoms with E-state index in [0.717, 1.165) is 0 Å². The van der Waals surface area contributed by atoms with Gasteiger partial charge in [0.1, 0.15) is 11.8 Å². The zero-order valence-electron chi connectivity index (χ0n) is 16.5. The summed E-state index contributed by atoms with van der Waals surface area (Å²) < 4.78 is 27.0. The molecule has 8 nitrogen and oxygen atoms in total. The van der Waals surface area contributed by atoms with Crippen LogP contribution in [0, 0.1) is 5.41 Å². The molecule has 9 heteroatoms. The van der Waals surface area contributed by atoms with Crippen LogP contribution in [0.4, 0.5) is 0 Å². The minimum Gasteiger partial charge on any atom is -0.330 e. The number of Topliss-reactive ketones (excluding diaryl/α,β-unsaturated/α-hetero) is 1. The summed E-state index contributed by atoms with van der Waals surface area (Å²) in [5.74, 6) is -0.787. The maximum Gasteiger partial charge on any atom is 0.240 e. The van der Waals surface area contributed by atoms with E-state index in [4.69, 9.17) is 5.73 Å². The van der Waals surface area contributed by atoms with E-state index >= 15 is 0 Å². The third-order valence-electron chi connectivity index (χ3n) is 5.22. The second-order valence-corrected chi connectivity index (χ2v) is 10.7. The lowest BCUT2D eigenvalue weighted by Crippen LogP contribution is -2.50. The van der Waals surface area contributed by atoms with E-state index in [0.29, 0.717) is 25.1 Å². The zero-order chi connectivity index (χ0) is 20.7. The van der Waals surface area contributed by atoms with Crippen LogP contribution in [0.5, 0.6) is 0 Å². The Morgan fingerprint density at radius 3 is 2.68 bits per heavy atom. The standard InChI is InChI=1S/C19H28N4O4S/c1-19(2,3)10-14(20)18(25)22-9-7-15-17(22)16(24)11-23(15)28(26,27)12-13-6-4-5-8-21-13/h4-6,8,14-15,17H,7,9-12,20H2,1-3H3. The Kier molecular flexibility index (Phi) is 5.62. The van der Waals surface area contributed by atoms with Gasteiger partial charge < -0.3 is 10.6 Å². The summed E-state index contributed by atoms with van der Waals surface area (Å²) in [4.78, 5) is 31.0. The summed E-state index contributed by atoms with van der Waals surface area (Å²) in [6, 6.07) is 3.12. The van der Waals surface area contributed by atoms with Crippen LogP contribution in [0.1, 0.15) is 39.3 Å². The first-order valence-corrected chi connectivity index (χ1v) is 11.1. The van der Waals surface area contributed by atoms with Gasteiger partial charge in [0.25, 0.3) is 0 Å². The van der Waals surface area contributed by atoms with Crippen molar-refractivity contribution in [3.8, 4) is 0 Å². The lowest BCUT2D eigenvalue weighted by atomic mass is 9.88. The first-order valence-electron chi connectivity index (χ1n) is 9.48. The highest BCUT2D eigenvalue weighted by Gasteiger charge is 2.53. The Hall–Kier alpha value is -1.84. The van der Waals surface area contributed by atoms with Crippen molar-refractivity contribution in [3.05, 3.63) is 30.1 Å². The zero-order valence-corrected chi connectivity index (χ0v) is 17.4. The van der Waals surface area contributed by atoms with Crippen LogP contribution in [0.3, 0.4) is 0 Å². The topological polar surface area (TPSA) is 114 Å². The van der Waals surface area contributed by atoms with Gasteiger partial charge in [-0.2, -0.15) is 4.31 Å². The van der Waals surface area contributed by atoms with Crippen molar-refractivity contribution in [1.82, 2.24) is 14.2 Å². The lowest BCUT2D eigenvalue weighted by molar-refractivity contribution is -0.138. The Balaban J connectivity index is 1.76. The van der Waals surface area contributed by atoms with Gasteiger partial charge in [-0.05, 0) is 30.4 Å². The molecule has 0 saturated carbocycles. The van der Waals surface area contributed by atoms with E-state index in [1.807, 2.05) is 20.8 Å². The number of pyridine rings is 1. The number of hydrogen-bond donors (Lipinski definition) is 1. The molecule has 1 amide bonds. The van der Waals surface area contributed by atoms with Crippen LogP contribution < -0.4 is 5.73 Å². The number of nitrogens with zero attached hydrogens (tertiary/aromatic N) is 3. The number of nitrogens with two attached hydrogens (primary N) is 1. The molecule has 0 bridgehead atoms. The van der Waals surface area contributed by atoms with E-state index in [1.54, 1.807) is 18.2 Å². The minimum absolute atomic E-state index is 0.119. The maximum absolute atomic E-state index is 12.9. The number of fused-ring (bicyclic) bond motifs is 1. The number of amides is 1. The number of carbonyl (C=O) groups is 2. The van der Waals surface area contributed by atoms with Crippen LogP contribution in [0.15, 0.2) is 24.4 Å². The highest BCUT2D eigenvalue weighted by Crippen LogP contribution is 2.33. The molecule has 28 heavy (non-hydrogen) atoms. The molecule has 3 heterocycles. The minimum atomic E-state index is -3.72. The quantitative estimate of drug-likeness (QED) is 0.760. The molecule has 2 N–H and O–H groups in total. The highest BCUT2D eigenvalue weighted by molar-refractivity contribution is 7.88. The molecule has 2 aliphatic rings. The molecule has 154 valence electrons. The van der Waals surface area contributed by atoms with E-state index in [1.165, 1.54) is 15.4 Å². The molecular formula is C19H28N4O4S. The second kappa shape index (κ2) is 7.53. The van der Waals surface area contributed by atoms with E-state index in [9.17, 15) is 18.0 Å². The fourth-order valence-electron chi connectivity index (χ4n) is 4.10. The van der Waals surface area contributed by atoms with Crippen LogP contribution >= 0.6 is 0 Å².